The van der Waals surface area contributed by atoms with Gasteiger partial charge in [-0.15, -0.1) is 0 Å². The lowest BCUT2D eigenvalue weighted by atomic mass is 9.83. The van der Waals surface area contributed by atoms with Gasteiger partial charge in [0.05, 0.1) is 17.1 Å². The lowest BCUT2D eigenvalue weighted by Crippen LogP contribution is -2.15. The normalized spacial score (nSPS) is 22.5. The maximum atomic E-state index is 6.42. The highest BCUT2D eigenvalue weighted by molar-refractivity contribution is 5.50. The first-order chi connectivity index (χ1) is 9.36. The van der Waals surface area contributed by atoms with Gasteiger partial charge in [0.2, 0.25) is 0 Å². The van der Waals surface area contributed by atoms with Gasteiger partial charge < -0.3 is 5.73 Å². The number of nitrogen functional groups attached to an aromatic ring is 1. The predicted octanol–water partition coefficient (Wildman–Crippen LogP) is 4.15. The molecule has 0 unspecified atom stereocenters. The number of hydrogen-bond donors (Lipinski definition) is 1. The van der Waals surface area contributed by atoms with Gasteiger partial charge in [0.15, 0.2) is 0 Å². The van der Waals surface area contributed by atoms with Crippen molar-refractivity contribution in [2.75, 3.05) is 5.73 Å². The van der Waals surface area contributed by atoms with Crippen LogP contribution in [0.25, 0.3) is 0 Å². The Morgan fingerprint density at radius 1 is 0.737 bits per heavy atom. The first kappa shape index (κ1) is 12.9. The Labute approximate surface area is 116 Å². The minimum atomic E-state index is 0.582. The van der Waals surface area contributed by atoms with Crippen molar-refractivity contribution in [2.45, 2.75) is 76.0 Å². The molecule has 19 heavy (non-hydrogen) atoms. The van der Waals surface area contributed by atoms with Gasteiger partial charge >= 0.3 is 0 Å². The Morgan fingerprint density at radius 3 is 1.58 bits per heavy atom. The predicted molar refractivity (Wildman–Crippen MR) is 78.1 cm³/mol. The van der Waals surface area contributed by atoms with Crippen molar-refractivity contribution in [3.05, 3.63) is 17.7 Å². The molecule has 2 aliphatic carbocycles. The summed E-state index contributed by atoms with van der Waals surface area (Å²) >= 11 is 0. The summed E-state index contributed by atoms with van der Waals surface area (Å²) < 4.78 is 0. The van der Waals surface area contributed by atoms with Crippen LogP contribution in [0.4, 0.5) is 5.69 Å². The second-order valence-electron chi connectivity index (χ2n) is 6.23. The third-order valence-corrected chi connectivity index (χ3v) is 4.93. The summed E-state index contributed by atoms with van der Waals surface area (Å²) in [4.78, 5) is 9.04. The molecule has 3 nitrogen and oxygen atoms in total. The maximum absolute atomic E-state index is 6.42. The second-order valence-corrected chi connectivity index (χ2v) is 6.23. The van der Waals surface area contributed by atoms with Crippen LogP contribution in [-0.2, 0) is 0 Å². The molecule has 3 heteroatoms. The minimum Gasteiger partial charge on any atom is -0.396 e. The van der Waals surface area contributed by atoms with Gasteiger partial charge in [0.1, 0.15) is 6.33 Å². The van der Waals surface area contributed by atoms with E-state index in [4.69, 9.17) is 5.73 Å². The van der Waals surface area contributed by atoms with Gasteiger partial charge in [0.25, 0.3) is 0 Å². The van der Waals surface area contributed by atoms with Crippen LogP contribution in [0.3, 0.4) is 0 Å². The van der Waals surface area contributed by atoms with E-state index < -0.39 is 0 Å². The summed E-state index contributed by atoms with van der Waals surface area (Å²) in [5, 5.41) is 0. The van der Waals surface area contributed by atoms with Crippen molar-refractivity contribution < 1.29 is 0 Å². The average Bonchev–Trinajstić information content (AvgIpc) is 2.49. The molecule has 1 aromatic rings. The summed E-state index contributed by atoms with van der Waals surface area (Å²) in [6, 6.07) is 0. The molecule has 0 atom stereocenters. The van der Waals surface area contributed by atoms with Crippen LogP contribution in [0.5, 0.6) is 0 Å². The van der Waals surface area contributed by atoms with Crippen molar-refractivity contribution in [2.24, 2.45) is 0 Å². The zero-order valence-electron chi connectivity index (χ0n) is 11.8. The van der Waals surface area contributed by atoms with Crippen LogP contribution in [-0.4, -0.2) is 9.97 Å². The SMILES string of the molecule is Nc1c(C2CCCCC2)ncnc1C1CCCCC1. The Bertz CT molecular complexity index is 382. The number of nitrogens with zero attached hydrogens (tertiary/aromatic N) is 2. The van der Waals surface area contributed by atoms with E-state index in [1.54, 1.807) is 6.33 Å². The highest BCUT2D eigenvalue weighted by Gasteiger charge is 2.25. The third-order valence-electron chi connectivity index (χ3n) is 4.93. The van der Waals surface area contributed by atoms with E-state index in [1.165, 1.54) is 64.2 Å². The zero-order chi connectivity index (χ0) is 13.1. The maximum Gasteiger partial charge on any atom is 0.116 e. The lowest BCUT2D eigenvalue weighted by Gasteiger charge is -2.26. The largest absolute Gasteiger partial charge is 0.396 e. The Hall–Kier alpha value is -1.12. The van der Waals surface area contributed by atoms with Crippen LogP contribution in [0.15, 0.2) is 6.33 Å². The fourth-order valence-corrected chi connectivity index (χ4v) is 3.83. The van der Waals surface area contributed by atoms with E-state index in [0.29, 0.717) is 11.8 Å². The molecule has 2 fully saturated rings. The van der Waals surface area contributed by atoms with E-state index in [1.807, 2.05) is 0 Å². The van der Waals surface area contributed by atoms with Crippen molar-refractivity contribution >= 4 is 5.69 Å². The van der Waals surface area contributed by atoms with E-state index in [2.05, 4.69) is 9.97 Å². The fourth-order valence-electron chi connectivity index (χ4n) is 3.83. The van der Waals surface area contributed by atoms with Crippen molar-refractivity contribution in [1.82, 2.24) is 9.97 Å². The number of nitrogens with two attached hydrogens (primary N) is 1. The third kappa shape index (κ3) is 2.75. The lowest BCUT2D eigenvalue weighted by molar-refractivity contribution is 0.427. The van der Waals surface area contributed by atoms with Gasteiger partial charge in [-0.2, -0.15) is 0 Å². The summed E-state index contributed by atoms with van der Waals surface area (Å²) in [6.45, 7) is 0. The van der Waals surface area contributed by atoms with Crippen LogP contribution < -0.4 is 5.73 Å². The number of rotatable bonds is 2. The highest BCUT2D eigenvalue weighted by Crippen LogP contribution is 2.39. The van der Waals surface area contributed by atoms with E-state index >= 15 is 0 Å². The molecule has 0 spiro atoms. The molecule has 0 amide bonds. The zero-order valence-corrected chi connectivity index (χ0v) is 11.8. The molecule has 3 rings (SSSR count). The van der Waals surface area contributed by atoms with Gasteiger partial charge in [0, 0.05) is 11.8 Å². The van der Waals surface area contributed by atoms with Crippen LogP contribution >= 0.6 is 0 Å². The Morgan fingerprint density at radius 2 is 1.16 bits per heavy atom. The topological polar surface area (TPSA) is 51.8 Å². The molecule has 2 N–H and O–H groups in total. The first-order valence-corrected chi connectivity index (χ1v) is 7.96. The number of aromatic nitrogens is 2. The molecule has 0 radical (unpaired) electrons. The second kappa shape index (κ2) is 5.89. The molecule has 0 saturated heterocycles. The quantitative estimate of drug-likeness (QED) is 0.867. The van der Waals surface area contributed by atoms with E-state index in [0.717, 1.165) is 17.1 Å². The molecular formula is C16H25N3. The van der Waals surface area contributed by atoms with E-state index in [9.17, 15) is 0 Å². The Kier molecular flexibility index (Phi) is 4.00. The van der Waals surface area contributed by atoms with Crippen molar-refractivity contribution in [3.63, 3.8) is 0 Å². The molecule has 0 aliphatic heterocycles. The molecule has 2 aliphatic rings. The van der Waals surface area contributed by atoms with Crippen LogP contribution in [0.2, 0.25) is 0 Å². The van der Waals surface area contributed by atoms with Crippen LogP contribution in [0, 0.1) is 0 Å². The smallest absolute Gasteiger partial charge is 0.116 e. The molecule has 104 valence electrons. The summed E-state index contributed by atoms with van der Waals surface area (Å²) in [7, 11) is 0. The standard InChI is InChI=1S/C16H25N3/c17-14-15(12-7-3-1-4-8-12)18-11-19-16(14)13-9-5-2-6-10-13/h11-13H,1-10,17H2. The number of anilines is 1. The highest BCUT2D eigenvalue weighted by atomic mass is 14.9. The summed E-state index contributed by atoms with van der Waals surface area (Å²) in [5.41, 5.74) is 9.63. The van der Waals surface area contributed by atoms with Crippen LogP contribution in [0.1, 0.15) is 87.4 Å². The molecule has 0 bridgehead atoms. The summed E-state index contributed by atoms with van der Waals surface area (Å²) in [5.74, 6) is 1.16. The molecule has 0 aromatic carbocycles. The van der Waals surface area contributed by atoms with E-state index in [-0.39, 0.29) is 0 Å². The average molecular weight is 259 g/mol. The molecule has 1 heterocycles. The molecular weight excluding hydrogens is 234 g/mol. The molecule has 1 aromatic heterocycles. The van der Waals surface area contributed by atoms with Crippen molar-refractivity contribution in [3.8, 4) is 0 Å². The fraction of sp³-hybridized carbons (Fsp3) is 0.750. The van der Waals surface area contributed by atoms with Gasteiger partial charge in [-0.1, -0.05) is 38.5 Å². The first-order valence-electron chi connectivity index (χ1n) is 7.96. The van der Waals surface area contributed by atoms with Gasteiger partial charge in [-0.05, 0) is 25.7 Å². The minimum absolute atomic E-state index is 0.582. The van der Waals surface area contributed by atoms with Gasteiger partial charge in [-0.25, -0.2) is 9.97 Å². The Balaban J connectivity index is 1.84. The summed E-state index contributed by atoms with van der Waals surface area (Å²) in [6.07, 6.45) is 14.8. The van der Waals surface area contributed by atoms with Gasteiger partial charge in [-0.3, -0.25) is 0 Å². The van der Waals surface area contributed by atoms with Crippen molar-refractivity contribution in [1.29, 1.82) is 0 Å². The number of hydrogen-bond acceptors (Lipinski definition) is 3. The molecule has 2 saturated carbocycles. The monoisotopic (exact) mass is 259 g/mol.